The van der Waals surface area contributed by atoms with Crippen LogP contribution in [-0.4, -0.2) is 21.8 Å². The number of fused-ring (bicyclic) bond motifs is 1. The van der Waals surface area contributed by atoms with E-state index in [0.717, 1.165) is 29.1 Å². The topological polar surface area (TPSA) is 59.9 Å². The average molecular weight is 256 g/mol. The zero-order valence-corrected chi connectivity index (χ0v) is 11.1. The molecule has 0 amide bonds. The highest BCUT2D eigenvalue weighted by molar-refractivity contribution is 5.42. The fraction of sp³-hybridized carbons (Fsp3) is 0.357. The Morgan fingerprint density at radius 2 is 2.00 bits per heavy atom. The van der Waals surface area contributed by atoms with Gasteiger partial charge in [-0.3, -0.25) is 0 Å². The molecule has 19 heavy (non-hydrogen) atoms. The van der Waals surface area contributed by atoms with Crippen molar-refractivity contribution in [2.45, 2.75) is 26.3 Å². The van der Waals surface area contributed by atoms with Crippen molar-refractivity contribution in [2.24, 2.45) is 0 Å². The number of benzene rings is 1. The summed E-state index contributed by atoms with van der Waals surface area (Å²) in [5.41, 5.74) is 2.91. The monoisotopic (exact) mass is 256 g/mol. The Morgan fingerprint density at radius 1 is 1.16 bits per heavy atom. The van der Waals surface area contributed by atoms with E-state index in [2.05, 4.69) is 26.6 Å². The Balaban J connectivity index is 1.86. The number of hydrogen-bond acceptors (Lipinski definition) is 5. The second-order valence-electron chi connectivity index (χ2n) is 4.68. The molecule has 1 atom stereocenters. The van der Waals surface area contributed by atoms with E-state index in [0.29, 0.717) is 12.6 Å². The van der Waals surface area contributed by atoms with Gasteiger partial charge in [-0.15, -0.1) is 5.10 Å². The number of nitrogens with zero attached hydrogens (tertiary/aromatic N) is 3. The second kappa shape index (κ2) is 4.84. The zero-order valence-electron chi connectivity index (χ0n) is 11.1. The lowest BCUT2D eigenvalue weighted by Crippen LogP contribution is -2.21. The third-order valence-corrected chi connectivity index (χ3v) is 3.35. The van der Waals surface area contributed by atoms with Crippen LogP contribution in [0.1, 0.15) is 29.4 Å². The van der Waals surface area contributed by atoms with Gasteiger partial charge in [-0.25, -0.2) is 4.98 Å². The average Bonchev–Trinajstić information content (AvgIpc) is 2.43. The summed E-state index contributed by atoms with van der Waals surface area (Å²) in [6.07, 6.45) is 0.896. The van der Waals surface area contributed by atoms with Gasteiger partial charge in [-0.2, -0.15) is 5.10 Å². The van der Waals surface area contributed by atoms with Crippen molar-refractivity contribution in [1.29, 1.82) is 0 Å². The largest absolute Gasteiger partial charge is 0.493 e. The van der Waals surface area contributed by atoms with Crippen molar-refractivity contribution >= 4 is 5.95 Å². The van der Waals surface area contributed by atoms with Crippen molar-refractivity contribution in [1.82, 2.24) is 15.2 Å². The SMILES string of the molecule is Cc1nnc(NC2CCOc3ccccc32)nc1C. The molecule has 0 radical (unpaired) electrons. The molecule has 1 aromatic carbocycles. The third-order valence-electron chi connectivity index (χ3n) is 3.35. The van der Waals surface area contributed by atoms with E-state index in [1.807, 2.05) is 32.0 Å². The van der Waals surface area contributed by atoms with Crippen LogP contribution < -0.4 is 10.1 Å². The summed E-state index contributed by atoms with van der Waals surface area (Å²) in [7, 11) is 0. The van der Waals surface area contributed by atoms with Gasteiger partial charge in [0.25, 0.3) is 0 Å². The fourth-order valence-electron chi connectivity index (χ4n) is 2.17. The lowest BCUT2D eigenvalue weighted by Gasteiger charge is -2.26. The molecule has 1 aliphatic heterocycles. The maximum Gasteiger partial charge on any atom is 0.243 e. The van der Waals surface area contributed by atoms with Crippen LogP contribution >= 0.6 is 0 Å². The van der Waals surface area contributed by atoms with E-state index in [-0.39, 0.29) is 6.04 Å². The summed E-state index contributed by atoms with van der Waals surface area (Å²) < 4.78 is 5.64. The molecule has 5 nitrogen and oxygen atoms in total. The molecule has 2 aromatic rings. The Hall–Kier alpha value is -2.17. The van der Waals surface area contributed by atoms with Crippen molar-refractivity contribution < 1.29 is 4.74 Å². The van der Waals surface area contributed by atoms with Crippen molar-refractivity contribution in [3.05, 3.63) is 41.2 Å². The minimum absolute atomic E-state index is 0.175. The smallest absolute Gasteiger partial charge is 0.243 e. The summed E-state index contributed by atoms with van der Waals surface area (Å²) in [5, 5.41) is 11.5. The van der Waals surface area contributed by atoms with Crippen LogP contribution in [0, 0.1) is 13.8 Å². The third kappa shape index (κ3) is 2.36. The highest BCUT2D eigenvalue weighted by Crippen LogP contribution is 2.33. The molecule has 0 saturated heterocycles. The van der Waals surface area contributed by atoms with Gasteiger partial charge in [-0.05, 0) is 19.9 Å². The first-order chi connectivity index (χ1) is 9.24. The number of nitrogens with one attached hydrogen (secondary N) is 1. The van der Waals surface area contributed by atoms with E-state index in [1.54, 1.807) is 0 Å². The number of para-hydroxylation sites is 1. The van der Waals surface area contributed by atoms with E-state index in [1.165, 1.54) is 0 Å². The molecule has 0 spiro atoms. The van der Waals surface area contributed by atoms with Crippen LogP contribution in [0.5, 0.6) is 5.75 Å². The summed E-state index contributed by atoms with van der Waals surface area (Å²) in [5.74, 6) is 1.51. The molecular weight excluding hydrogens is 240 g/mol. The summed E-state index contributed by atoms with van der Waals surface area (Å²) >= 11 is 0. The zero-order chi connectivity index (χ0) is 13.2. The number of hydrogen-bond donors (Lipinski definition) is 1. The number of anilines is 1. The molecule has 1 N–H and O–H groups in total. The van der Waals surface area contributed by atoms with Crippen molar-refractivity contribution in [2.75, 3.05) is 11.9 Å². The quantitative estimate of drug-likeness (QED) is 0.894. The van der Waals surface area contributed by atoms with Crippen LogP contribution in [0.25, 0.3) is 0 Å². The first-order valence-corrected chi connectivity index (χ1v) is 6.40. The summed E-state index contributed by atoms with van der Waals surface area (Å²) in [6.45, 7) is 4.54. The maximum atomic E-state index is 5.64. The molecule has 0 saturated carbocycles. The van der Waals surface area contributed by atoms with E-state index >= 15 is 0 Å². The maximum absolute atomic E-state index is 5.64. The first-order valence-electron chi connectivity index (χ1n) is 6.40. The number of aromatic nitrogens is 3. The van der Waals surface area contributed by atoms with Crippen LogP contribution in [-0.2, 0) is 0 Å². The van der Waals surface area contributed by atoms with Gasteiger partial charge >= 0.3 is 0 Å². The predicted molar refractivity (Wildman–Crippen MR) is 72.2 cm³/mol. The Labute approximate surface area is 112 Å². The summed E-state index contributed by atoms with van der Waals surface area (Å²) in [6, 6.07) is 8.23. The Bertz CT molecular complexity index is 600. The molecule has 1 aliphatic rings. The number of ether oxygens (including phenoxy) is 1. The molecule has 2 heterocycles. The van der Waals surface area contributed by atoms with Gasteiger partial charge in [-0.1, -0.05) is 18.2 Å². The normalized spacial score (nSPS) is 17.5. The highest BCUT2D eigenvalue weighted by Gasteiger charge is 2.21. The molecule has 5 heteroatoms. The lowest BCUT2D eigenvalue weighted by molar-refractivity contribution is 0.274. The predicted octanol–water partition coefficient (Wildman–Crippen LogP) is 2.42. The Kier molecular flexibility index (Phi) is 3.03. The molecule has 0 fully saturated rings. The molecule has 0 bridgehead atoms. The molecule has 1 aromatic heterocycles. The Morgan fingerprint density at radius 3 is 2.84 bits per heavy atom. The van der Waals surface area contributed by atoms with Gasteiger partial charge < -0.3 is 10.1 Å². The summed E-state index contributed by atoms with van der Waals surface area (Å²) in [4.78, 5) is 4.41. The van der Waals surface area contributed by atoms with Crippen molar-refractivity contribution in [3.8, 4) is 5.75 Å². The first kappa shape index (κ1) is 11.9. The number of aryl methyl sites for hydroxylation is 2. The molecule has 3 rings (SSSR count). The van der Waals surface area contributed by atoms with E-state index in [9.17, 15) is 0 Å². The lowest BCUT2D eigenvalue weighted by atomic mass is 10.0. The molecular formula is C14H16N4O. The van der Waals surface area contributed by atoms with Gasteiger partial charge in [0.1, 0.15) is 5.75 Å². The minimum Gasteiger partial charge on any atom is -0.493 e. The van der Waals surface area contributed by atoms with Crippen LogP contribution in [0.2, 0.25) is 0 Å². The van der Waals surface area contributed by atoms with Gasteiger partial charge in [0.05, 0.1) is 24.0 Å². The standard InChI is InChI=1S/C14H16N4O/c1-9-10(2)17-18-14(15-9)16-12-7-8-19-13-6-4-3-5-11(12)13/h3-6,12H,7-8H2,1-2H3,(H,15,16,18). The van der Waals surface area contributed by atoms with Gasteiger partial charge in [0.2, 0.25) is 5.95 Å². The van der Waals surface area contributed by atoms with Crippen LogP contribution in [0.4, 0.5) is 5.95 Å². The van der Waals surface area contributed by atoms with E-state index in [4.69, 9.17) is 4.74 Å². The highest BCUT2D eigenvalue weighted by atomic mass is 16.5. The van der Waals surface area contributed by atoms with E-state index < -0.39 is 0 Å². The van der Waals surface area contributed by atoms with Gasteiger partial charge in [0, 0.05) is 12.0 Å². The van der Waals surface area contributed by atoms with Crippen LogP contribution in [0.3, 0.4) is 0 Å². The fourth-order valence-corrected chi connectivity index (χ4v) is 2.17. The number of rotatable bonds is 2. The molecule has 1 unspecified atom stereocenters. The molecule has 98 valence electrons. The second-order valence-corrected chi connectivity index (χ2v) is 4.68. The van der Waals surface area contributed by atoms with Crippen molar-refractivity contribution in [3.63, 3.8) is 0 Å². The van der Waals surface area contributed by atoms with Crippen LogP contribution in [0.15, 0.2) is 24.3 Å². The molecule has 0 aliphatic carbocycles. The van der Waals surface area contributed by atoms with Gasteiger partial charge in [0.15, 0.2) is 0 Å². The minimum atomic E-state index is 0.175.